The second-order valence-corrected chi connectivity index (χ2v) is 10.1. The summed E-state index contributed by atoms with van der Waals surface area (Å²) in [5.74, 6) is 2.64. The van der Waals surface area contributed by atoms with E-state index in [1.165, 1.54) is 0 Å². The number of nitrogens with zero attached hydrogens (tertiary/aromatic N) is 5. The number of piperidine rings is 1. The van der Waals surface area contributed by atoms with Crippen LogP contribution in [0.2, 0.25) is 0 Å². The Labute approximate surface area is 210 Å². The SMILES string of the molecule is Nc1nc(F)nc2c1nc(Cc1cc3c(cc1-c1cccs1)OCO3)n2CCC1CCN(C=O)CC1. The number of hydrogen-bond acceptors (Lipinski definition) is 8. The number of likely N-dealkylation sites (tertiary alicyclic amines) is 1. The molecule has 0 radical (unpaired) electrons. The normalized spacial score (nSPS) is 15.6. The quantitative estimate of drug-likeness (QED) is 0.298. The highest BCUT2D eigenvalue weighted by Crippen LogP contribution is 2.41. The number of hydrogen-bond donors (Lipinski definition) is 1. The van der Waals surface area contributed by atoms with E-state index in [2.05, 4.69) is 16.0 Å². The van der Waals surface area contributed by atoms with Crippen molar-refractivity contribution in [2.45, 2.75) is 32.2 Å². The van der Waals surface area contributed by atoms with Crippen LogP contribution in [0, 0.1) is 12.0 Å². The summed E-state index contributed by atoms with van der Waals surface area (Å²) in [6.07, 6.45) is 3.28. The lowest BCUT2D eigenvalue weighted by atomic mass is 9.94. The number of anilines is 1. The largest absolute Gasteiger partial charge is 0.454 e. The van der Waals surface area contributed by atoms with Crippen molar-refractivity contribution in [1.82, 2.24) is 24.4 Å². The van der Waals surface area contributed by atoms with Gasteiger partial charge in [0.25, 0.3) is 0 Å². The Balaban J connectivity index is 1.37. The summed E-state index contributed by atoms with van der Waals surface area (Å²) in [6, 6.07) is 8.08. The Morgan fingerprint density at radius 2 is 1.97 bits per heavy atom. The van der Waals surface area contributed by atoms with Crippen LogP contribution in [0.3, 0.4) is 0 Å². The van der Waals surface area contributed by atoms with E-state index in [-0.39, 0.29) is 12.6 Å². The first kappa shape index (κ1) is 22.7. The van der Waals surface area contributed by atoms with Crippen molar-refractivity contribution in [2.24, 2.45) is 5.92 Å². The highest BCUT2D eigenvalue weighted by molar-refractivity contribution is 7.13. The van der Waals surface area contributed by atoms with E-state index in [4.69, 9.17) is 20.2 Å². The molecule has 2 aliphatic rings. The fourth-order valence-corrected chi connectivity index (χ4v) is 5.81. The molecule has 2 N–H and O–H groups in total. The van der Waals surface area contributed by atoms with Gasteiger partial charge in [0.05, 0.1) is 0 Å². The van der Waals surface area contributed by atoms with Crippen LogP contribution in [0.5, 0.6) is 11.5 Å². The van der Waals surface area contributed by atoms with Gasteiger partial charge in [-0.2, -0.15) is 14.4 Å². The fourth-order valence-electron chi connectivity index (χ4n) is 5.03. The topological polar surface area (TPSA) is 108 Å². The average Bonchev–Trinajstić information content (AvgIpc) is 3.63. The maximum absolute atomic E-state index is 14.2. The van der Waals surface area contributed by atoms with Crippen molar-refractivity contribution in [1.29, 1.82) is 0 Å². The first-order valence-electron chi connectivity index (χ1n) is 11.9. The number of nitrogens with two attached hydrogens (primary N) is 1. The zero-order valence-corrected chi connectivity index (χ0v) is 20.3. The highest BCUT2D eigenvalue weighted by Gasteiger charge is 2.24. The smallest absolute Gasteiger partial charge is 0.312 e. The van der Waals surface area contributed by atoms with Crippen molar-refractivity contribution in [3.8, 4) is 21.9 Å². The van der Waals surface area contributed by atoms with Gasteiger partial charge in [-0.1, -0.05) is 6.07 Å². The molecule has 5 heterocycles. The minimum absolute atomic E-state index is 0.0287. The summed E-state index contributed by atoms with van der Waals surface area (Å²) in [4.78, 5) is 26.5. The van der Waals surface area contributed by atoms with E-state index in [1.54, 1.807) is 11.3 Å². The number of amides is 1. The van der Waals surface area contributed by atoms with E-state index in [9.17, 15) is 9.18 Å². The number of carbonyl (C=O) groups is 1. The lowest BCUT2D eigenvalue weighted by molar-refractivity contribution is -0.119. The number of benzene rings is 1. The number of thiophene rings is 1. The lowest BCUT2D eigenvalue weighted by Gasteiger charge is -2.29. The van der Waals surface area contributed by atoms with E-state index < -0.39 is 6.08 Å². The standard InChI is InChI=1S/C25H25FN6O3S/c26-25-29-23(27)22-24(30-25)32(8-5-15-3-6-31(13-33)7-4-15)21(28-22)11-16-10-18-19(35-14-34-18)12-17(16)20-2-1-9-36-20/h1-2,9-10,12-13,15H,3-8,11,14H2,(H2,27,29,30). The van der Waals surface area contributed by atoms with Gasteiger partial charge in [-0.05, 0) is 59.9 Å². The predicted octanol–water partition coefficient (Wildman–Crippen LogP) is 3.85. The summed E-state index contributed by atoms with van der Waals surface area (Å²) in [6.45, 7) is 2.33. The molecule has 4 aromatic rings. The number of carbonyl (C=O) groups excluding carboxylic acids is 1. The second kappa shape index (κ2) is 9.38. The lowest BCUT2D eigenvalue weighted by Crippen LogP contribution is -2.32. The zero-order valence-electron chi connectivity index (χ0n) is 19.5. The van der Waals surface area contributed by atoms with Crippen LogP contribution < -0.4 is 15.2 Å². The summed E-state index contributed by atoms with van der Waals surface area (Å²) in [5.41, 5.74) is 8.91. The second-order valence-electron chi connectivity index (χ2n) is 9.12. The summed E-state index contributed by atoms with van der Waals surface area (Å²) in [7, 11) is 0. The molecular weight excluding hydrogens is 483 g/mol. The first-order chi connectivity index (χ1) is 17.6. The molecule has 0 saturated carbocycles. The Morgan fingerprint density at radius 1 is 1.17 bits per heavy atom. The van der Waals surface area contributed by atoms with Crippen LogP contribution in [-0.2, 0) is 17.8 Å². The molecule has 1 aromatic carbocycles. The molecule has 1 saturated heterocycles. The summed E-state index contributed by atoms with van der Waals surface area (Å²) in [5, 5.41) is 2.04. The monoisotopic (exact) mass is 508 g/mol. The van der Waals surface area contributed by atoms with E-state index in [1.807, 2.05) is 33.0 Å². The van der Waals surface area contributed by atoms with Crippen molar-refractivity contribution in [2.75, 3.05) is 25.6 Å². The van der Waals surface area contributed by atoms with Crippen LogP contribution in [0.1, 0.15) is 30.7 Å². The van der Waals surface area contributed by atoms with Gasteiger partial charge in [-0.3, -0.25) is 4.79 Å². The molecule has 0 spiro atoms. The maximum atomic E-state index is 14.2. The van der Waals surface area contributed by atoms with Gasteiger partial charge in [0.15, 0.2) is 28.5 Å². The number of rotatable bonds is 7. The van der Waals surface area contributed by atoms with Crippen LogP contribution >= 0.6 is 11.3 Å². The average molecular weight is 509 g/mol. The van der Waals surface area contributed by atoms with Crippen LogP contribution in [-0.4, -0.2) is 50.7 Å². The fraction of sp³-hybridized carbons (Fsp3) is 0.360. The molecule has 3 aromatic heterocycles. The van der Waals surface area contributed by atoms with Crippen LogP contribution in [0.4, 0.5) is 10.2 Å². The molecule has 0 atom stereocenters. The number of ether oxygens (including phenoxy) is 2. The third-order valence-electron chi connectivity index (χ3n) is 6.97. The van der Waals surface area contributed by atoms with Gasteiger partial charge in [-0.15, -0.1) is 11.3 Å². The minimum atomic E-state index is -0.866. The van der Waals surface area contributed by atoms with E-state index >= 15 is 0 Å². The van der Waals surface area contributed by atoms with Crippen molar-refractivity contribution >= 4 is 34.7 Å². The number of aryl methyl sites for hydroxylation is 1. The van der Waals surface area contributed by atoms with Gasteiger partial charge in [0.1, 0.15) is 5.82 Å². The predicted molar refractivity (Wildman–Crippen MR) is 133 cm³/mol. The minimum Gasteiger partial charge on any atom is -0.454 e. The molecule has 2 aliphatic heterocycles. The number of nitrogen functional groups attached to an aromatic ring is 1. The molecule has 11 heteroatoms. The third-order valence-corrected chi connectivity index (χ3v) is 7.87. The van der Waals surface area contributed by atoms with Gasteiger partial charge >= 0.3 is 6.08 Å². The number of aromatic nitrogens is 4. The highest BCUT2D eigenvalue weighted by atomic mass is 32.1. The molecule has 1 amide bonds. The number of imidazole rings is 1. The molecule has 1 fully saturated rings. The van der Waals surface area contributed by atoms with Gasteiger partial charge < -0.3 is 24.7 Å². The van der Waals surface area contributed by atoms with Crippen molar-refractivity contribution in [3.05, 3.63) is 47.1 Å². The third kappa shape index (κ3) is 4.23. The summed E-state index contributed by atoms with van der Waals surface area (Å²) < 4.78 is 27.4. The maximum Gasteiger partial charge on any atom is 0.312 e. The Morgan fingerprint density at radius 3 is 2.72 bits per heavy atom. The van der Waals surface area contributed by atoms with E-state index in [0.717, 1.165) is 66.3 Å². The molecular formula is C25H25FN6O3S. The molecule has 36 heavy (non-hydrogen) atoms. The number of halogens is 1. The molecule has 9 nitrogen and oxygen atoms in total. The van der Waals surface area contributed by atoms with Crippen molar-refractivity contribution in [3.63, 3.8) is 0 Å². The van der Waals surface area contributed by atoms with Gasteiger partial charge in [0, 0.05) is 30.9 Å². The zero-order chi connectivity index (χ0) is 24.6. The van der Waals surface area contributed by atoms with Gasteiger partial charge in [0.2, 0.25) is 13.2 Å². The van der Waals surface area contributed by atoms with Crippen LogP contribution in [0.25, 0.3) is 21.6 Å². The van der Waals surface area contributed by atoms with E-state index in [0.29, 0.717) is 35.8 Å². The molecule has 0 aliphatic carbocycles. The number of fused-ring (bicyclic) bond motifs is 2. The van der Waals surface area contributed by atoms with Gasteiger partial charge in [-0.25, -0.2) is 4.98 Å². The summed E-state index contributed by atoms with van der Waals surface area (Å²) >= 11 is 1.65. The Hall–Kier alpha value is -3.73. The molecule has 0 unspecified atom stereocenters. The molecule has 6 rings (SSSR count). The first-order valence-corrected chi connectivity index (χ1v) is 12.8. The molecule has 0 bridgehead atoms. The Bertz CT molecular complexity index is 1420. The molecule has 186 valence electrons. The Kier molecular flexibility index (Phi) is 5.92. The van der Waals surface area contributed by atoms with Crippen molar-refractivity contribution < 1.29 is 18.7 Å². The van der Waals surface area contributed by atoms with Crippen LogP contribution in [0.15, 0.2) is 29.6 Å².